The Morgan fingerprint density at radius 3 is 3.00 bits per heavy atom. The van der Waals surface area contributed by atoms with Crippen molar-refractivity contribution >= 4 is 28.7 Å². The molecule has 0 N–H and O–H groups in total. The predicted molar refractivity (Wildman–Crippen MR) is 89.3 cm³/mol. The number of carbonyl (C=O) groups excluding carboxylic acids is 1. The van der Waals surface area contributed by atoms with Gasteiger partial charge in [0.25, 0.3) is 0 Å². The van der Waals surface area contributed by atoms with Crippen molar-refractivity contribution in [2.75, 3.05) is 29.4 Å². The minimum absolute atomic E-state index is 0.251. The van der Waals surface area contributed by atoms with Gasteiger partial charge in [-0.2, -0.15) is 11.3 Å². The number of anilines is 2. The maximum atomic E-state index is 13.1. The monoisotopic (exact) mass is 313 g/mol. The first-order valence-corrected chi connectivity index (χ1v) is 8.65. The summed E-state index contributed by atoms with van der Waals surface area (Å²) >= 11 is 1.64. The van der Waals surface area contributed by atoms with Crippen molar-refractivity contribution in [1.82, 2.24) is 4.98 Å². The zero-order valence-electron chi connectivity index (χ0n) is 12.6. The van der Waals surface area contributed by atoms with E-state index in [1.807, 2.05) is 40.7 Å². The highest BCUT2D eigenvalue weighted by Gasteiger charge is 2.55. The molecule has 0 saturated carbocycles. The topological polar surface area (TPSA) is 36.4 Å². The molecule has 0 aromatic carbocycles. The van der Waals surface area contributed by atoms with Crippen LogP contribution >= 0.6 is 11.3 Å². The molecule has 0 bridgehead atoms. The molecule has 0 radical (unpaired) electrons. The Kier molecular flexibility index (Phi) is 3.18. The third-order valence-corrected chi connectivity index (χ3v) is 5.83. The van der Waals surface area contributed by atoms with Gasteiger partial charge >= 0.3 is 0 Å². The van der Waals surface area contributed by atoms with E-state index in [2.05, 4.69) is 22.2 Å². The number of thiophene rings is 1. The van der Waals surface area contributed by atoms with Gasteiger partial charge in [-0.15, -0.1) is 0 Å². The van der Waals surface area contributed by atoms with Crippen LogP contribution in [0.4, 0.5) is 11.5 Å². The molecule has 5 heteroatoms. The smallest absolute Gasteiger partial charge is 0.235 e. The van der Waals surface area contributed by atoms with Crippen LogP contribution in [-0.4, -0.2) is 30.5 Å². The molecule has 4 rings (SSSR count). The number of aromatic nitrogens is 1. The average Bonchev–Trinajstić information content (AvgIpc) is 3.24. The SMILES string of the molecule is C[C@@H]1CN(c2ccccn2)C[C@]12CCN(c1ccsc1)C2=O. The van der Waals surface area contributed by atoms with E-state index < -0.39 is 0 Å². The van der Waals surface area contributed by atoms with Gasteiger partial charge in [0, 0.05) is 31.2 Å². The Morgan fingerprint density at radius 1 is 1.36 bits per heavy atom. The summed E-state index contributed by atoms with van der Waals surface area (Å²) in [4.78, 5) is 21.8. The van der Waals surface area contributed by atoms with Crippen LogP contribution in [0.15, 0.2) is 41.2 Å². The Balaban J connectivity index is 1.61. The van der Waals surface area contributed by atoms with Crippen LogP contribution in [0, 0.1) is 11.3 Å². The molecule has 0 unspecified atom stereocenters. The van der Waals surface area contributed by atoms with Gasteiger partial charge in [-0.25, -0.2) is 4.98 Å². The van der Waals surface area contributed by atoms with Crippen LogP contribution in [0.5, 0.6) is 0 Å². The summed E-state index contributed by atoms with van der Waals surface area (Å²) < 4.78 is 0. The first-order chi connectivity index (χ1) is 10.7. The molecular formula is C17H19N3OS. The maximum absolute atomic E-state index is 13.1. The van der Waals surface area contributed by atoms with E-state index in [4.69, 9.17) is 0 Å². The van der Waals surface area contributed by atoms with Crippen molar-refractivity contribution < 1.29 is 4.79 Å². The van der Waals surface area contributed by atoms with Crippen molar-refractivity contribution in [3.05, 3.63) is 41.2 Å². The van der Waals surface area contributed by atoms with Crippen molar-refractivity contribution in [3.63, 3.8) is 0 Å². The van der Waals surface area contributed by atoms with Gasteiger partial charge in [-0.3, -0.25) is 4.79 Å². The molecule has 1 amide bonds. The summed E-state index contributed by atoms with van der Waals surface area (Å²) in [6, 6.07) is 8.00. The lowest BCUT2D eigenvalue weighted by molar-refractivity contribution is -0.126. The van der Waals surface area contributed by atoms with Gasteiger partial charge < -0.3 is 9.80 Å². The molecule has 0 aliphatic carbocycles. The van der Waals surface area contributed by atoms with E-state index in [1.54, 1.807) is 11.3 Å². The molecule has 2 aromatic heterocycles. The Bertz CT molecular complexity index is 672. The highest BCUT2D eigenvalue weighted by atomic mass is 32.1. The molecule has 22 heavy (non-hydrogen) atoms. The van der Waals surface area contributed by atoms with E-state index in [0.717, 1.165) is 37.6 Å². The third kappa shape index (κ3) is 1.96. The van der Waals surface area contributed by atoms with Gasteiger partial charge in [-0.05, 0) is 35.9 Å². The predicted octanol–water partition coefficient (Wildman–Crippen LogP) is 3.02. The number of pyridine rings is 1. The quantitative estimate of drug-likeness (QED) is 0.855. The Morgan fingerprint density at radius 2 is 2.27 bits per heavy atom. The highest BCUT2D eigenvalue weighted by Crippen LogP contribution is 2.46. The first kappa shape index (κ1) is 13.8. The number of nitrogens with zero attached hydrogens (tertiary/aromatic N) is 3. The van der Waals surface area contributed by atoms with Crippen molar-refractivity contribution in [2.45, 2.75) is 13.3 Å². The van der Waals surface area contributed by atoms with Crippen molar-refractivity contribution in [3.8, 4) is 0 Å². The molecule has 2 atom stereocenters. The van der Waals surface area contributed by atoms with Gasteiger partial charge in [0.05, 0.1) is 11.1 Å². The number of hydrogen-bond donors (Lipinski definition) is 0. The molecule has 2 aliphatic heterocycles. The summed E-state index contributed by atoms with van der Waals surface area (Å²) in [7, 11) is 0. The lowest BCUT2D eigenvalue weighted by Crippen LogP contribution is -2.39. The van der Waals surface area contributed by atoms with Crippen LogP contribution in [0.3, 0.4) is 0 Å². The van der Waals surface area contributed by atoms with Gasteiger partial charge in [0.1, 0.15) is 5.82 Å². The maximum Gasteiger partial charge on any atom is 0.235 e. The minimum atomic E-state index is -0.251. The van der Waals surface area contributed by atoms with Gasteiger partial charge in [0.2, 0.25) is 5.91 Å². The van der Waals surface area contributed by atoms with E-state index in [1.165, 1.54) is 0 Å². The second-order valence-electron chi connectivity index (χ2n) is 6.31. The summed E-state index contributed by atoms with van der Waals surface area (Å²) in [6.45, 7) is 4.72. The summed E-state index contributed by atoms with van der Waals surface area (Å²) in [5, 5.41) is 4.10. The molecule has 2 fully saturated rings. The number of rotatable bonds is 2. The van der Waals surface area contributed by atoms with Crippen LogP contribution in [0.2, 0.25) is 0 Å². The molecule has 2 aromatic rings. The minimum Gasteiger partial charge on any atom is -0.355 e. The van der Waals surface area contributed by atoms with Crippen molar-refractivity contribution in [1.29, 1.82) is 0 Å². The molecule has 4 nitrogen and oxygen atoms in total. The average molecular weight is 313 g/mol. The zero-order chi connectivity index (χ0) is 15.2. The molecule has 4 heterocycles. The van der Waals surface area contributed by atoms with Crippen LogP contribution in [-0.2, 0) is 4.79 Å². The van der Waals surface area contributed by atoms with E-state index in [9.17, 15) is 4.79 Å². The lowest BCUT2D eigenvalue weighted by Gasteiger charge is -2.26. The fourth-order valence-corrected chi connectivity index (χ4v) is 4.47. The Hall–Kier alpha value is -1.88. The van der Waals surface area contributed by atoms with Crippen LogP contribution in [0.1, 0.15) is 13.3 Å². The first-order valence-electron chi connectivity index (χ1n) is 7.71. The van der Waals surface area contributed by atoms with E-state index >= 15 is 0 Å². The number of carbonyl (C=O) groups is 1. The molecular weight excluding hydrogens is 294 g/mol. The molecule has 2 aliphatic rings. The molecule has 114 valence electrons. The number of amides is 1. The fraction of sp³-hybridized carbons (Fsp3) is 0.412. The fourth-order valence-electron chi connectivity index (χ4n) is 3.83. The van der Waals surface area contributed by atoms with Crippen molar-refractivity contribution in [2.24, 2.45) is 11.3 Å². The molecule has 1 spiro atoms. The zero-order valence-corrected chi connectivity index (χ0v) is 13.4. The highest BCUT2D eigenvalue weighted by molar-refractivity contribution is 7.08. The Labute approximate surface area is 134 Å². The lowest BCUT2D eigenvalue weighted by atomic mass is 9.78. The van der Waals surface area contributed by atoms with Gasteiger partial charge in [0.15, 0.2) is 0 Å². The normalized spacial score (nSPS) is 28.0. The van der Waals surface area contributed by atoms with Crippen LogP contribution < -0.4 is 9.80 Å². The second-order valence-corrected chi connectivity index (χ2v) is 7.09. The largest absolute Gasteiger partial charge is 0.355 e. The molecule has 2 saturated heterocycles. The van der Waals surface area contributed by atoms with E-state index in [-0.39, 0.29) is 11.3 Å². The summed E-state index contributed by atoms with van der Waals surface area (Å²) in [5.74, 6) is 1.62. The third-order valence-electron chi connectivity index (χ3n) is 5.15. The summed E-state index contributed by atoms with van der Waals surface area (Å²) in [6.07, 6.45) is 2.76. The van der Waals surface area contributed by atoms with E-state index in [0.29, 0.717) is 5.92 Å². The standard InChI is InChI=1S/C17H19N3OS/c1-13-10-19(15-4-2-3-7-18-15)12-17(13)6-8-20(16(17)21)14-5-9-22-11-14/h2-5,7,9,11,13H,6,8,10,12H2,1H3/t13-,17-/m1/s1. The second kappa shape index (κ2) is 5.09. The summed E-state index contributed by atoms with van der Waals surface area (Å²) in [5.41, 5.74) is 0.801. The van der Waals surface area contributed by atoms with Gasteiger partial charge in [-0.1, -0.05) is 13.0 Å². The van der Waals surface area contributed by atoms with Crippen LogP contribution in [0.25, 0.3) is 0 Å². The number of hydrogen-bond acceptors (Lipinski definition) is 4.